The van der Waals surface area contributed by atoms with Crippen LogP contribution in [0.25, 0.3) is 97.6 Å². The molecule has 0 aliphatic carbocycles. The summed E-state index contributed by atoms with van der Waals surface area (Å²) in [6.07, 6.45) is 0. The van der Waals surface area contributed by atoms with Gasteiger partial charge in [-0.3, -0.25) is 4.57 Å². The summed E-state index contributed by atoms with van der Waals surface area (Å²) in [5.41, 5.74) is 6.72. The van der Waals surface area contributed by atoms with Crippen LogP contribution in [-0.2, 0) is 0 Å². The van der Waals surface area contributed by atoms with E-state index in [1.165, 1.54) is 37.0 Å². The summed E-state index contributed by atoms with van der Waals surface area (Å²) in [7, 11) is 0. The normalized spacial score (nSPS) is 12.1. The Balaban J connectivity index is 1.30. The van der Waals surface area contributed by atoms with Crippen LogP contribution in [0.3, 0.4) is 0 Å². The van der Waals surface area contributed by atoms with Crippen molar-refractivity contribution in [3.63, 3.8) is 0 Å². The zero-order chi connectivity index (χ0) is 32.1. The fraction of sp³-hybridized carbons (Fsp3) is 0. The van der Waals surface area contributed by atoms with Gasteiger partial charge in [-0.1, -0.05) is 109 Å². The Hall–Kier alpha value is -6.30. The molecule has 4 nitrogen and oxygen atoms in total. The molecule has 7 aromatic carbocycles. The van der Waals surface area contributed by atoms with E-state index in [9.17, 15) is 0 Å². The lowest BCUT2D eigenvalue weighted by Gasteiger charge is -2.12. The molecule has 0 aliphatic heterocycles. The number of thiophene rings is 1. The smallest absolute Gasteiger partial charge is 0.163 e. The highest BCUT2D eigenvalue weighted by molar-refractivity contribution is 7.25. The van der Waals surface area contributed by atoms with Gasteiger partial charge in [0.2, 0.25) is 0 Å². The van der Waals surface area contributed by atoms with Gasteiger partial charge in [0.1, 0.15) is 4.83 Å². The Morgan fingerprint density at radius 2 is 1.08 bits per heavy atom. The predicted octanol–water partition coefficient (Wildman–Crippen LogP) is 11.9. The van der Waals surface area contributed by atoms with E-state index >= 15 is 0 Å². The monoisotopic (exact) mass is 642 g/mol. The van der Waals surface area contributed by atoms with Crippen LogP contribution in [0, 0.1) is 0 Å². The molecule has 228 valence electrons. The Labute approximate surface area is 284 Å². The average molecular weight is 643 g/mol. The van der Waals surface area contributed by atoms with Crippen LogP contribution in [0.5, 0.6) is 0 Å². The van der Waals surface area contributed by atoms with E-state index in [-0.39, 0.29) is 0 Å². The van der Waals surface area contributed by atoms with Crippen molar-refractivity contribution in [3.05, 3.63) is 158 Å². The van der Waals surface area contributed by atoms with Crippen molar-refractivity contribution in [1.82, 2.24) is 19.1 Å². The first kappa shape index (κ1) is 26.7. The number of nitrogens with zero attached hydrogens (tertiary/aromatic N) is 4. The Morgan fingerprint density at radius 3 is 1.92 bits per heavy atom. The highest BCUT2D eigenvalue weighted by Crippen LogP contribution is 2.43. The number of para-hydroxylation sites is 3. The lowest BCUT2D eigenvalue weighted by molar-refractivity contribution is 1.08. The molecule has 0 fully saturated rings. The number of rotatable bonds is 3. The van der Waals surface area contributed by atoms with E-state index in [1.54, 1.807) is 11.3 Å². The van der Waals surface area contributed by atoms with Crippen molar-refractivity contribution < 1.29 is 0 Å². The predicted molar refractivity (Wildman–Crippen MR) is 207 cm³/mol. The zero-order valence-electron chi connectivity index (χ0n) is 26.2. The van der Waals surface area contributed by atoms with Crippen molar-refractivity contribution in [2.24, 2.45) is 0 Å². The summed E-state index contributed by atoms with van der Waals surface area (Å²) < 4.78 is 5.93. The third-order valence-corrected chi connectivity index (χ3v) is 11.0. The van der Waals surface area contributed by atoms with Crippen molar-refractivity contribution in [2.45, 2.75) is 0 Å². The molecule has 5 heteroatoms. The quantitative estimate of drug-likeness (QED) is 0.192. The van der Waals surface area contributed by atoms with E-state index in [4.69, 9.17) is 9.97 Å². The SMILES string of the molecule is c1ccc(-n2c3ccccc3c3c(-c4nc(-n5c6ccccc6c6cc7ccccc7cc65)c5c(n4)sc4ccccc45)cccc32)cc1. The number of benzene rings is 7. The van der Waals surface area contributed by atoms with Crippen LogP contribution in [0.15, 0.2) is 158 Å². The molecule has 11 rings (SSSR count). The van der Waals surface area contributed by atoms with Gasteiger partial charge in [0.15, 0.2) is 11.6 Å². The van der Waals surface area contributed by atoms with E-state index in [2.05, 4.69) is 167 Å². The molecular formula is C44H26N4S. The zero-order valence-corrected chi connectivity index (χ0v) is 27.0. The van der Waals surface area contributed by atoms with Gasteiger partial charge in [0.25, 0.3) is 0 Å². The summed E-state index contributed by atoms with van der Waals surface area (Å²) in [4.78, 5) is 12.0. The molecule has 0 saturated carbocycles. The summed E-state index contributed by atoms with van der Waals surface area (Å²) in [5.74, 6) is 1.63. The molecule has 0 N–H and O–H groups in total. The van der Waals surface area contributed by atoms with E-state index in [0.29, 0.717) is 0 Å². The van der Waals surface area contributed by atoms with Crippen LogP contribution < -0.4 is 0 Å². The first-order valence-electron chi connectivity index (χ1n) is 16.5. The molecule has 11 aromatic rings. The van der Waals surface area contributed by atoms with Gasteiger partial charge in [-0.15, -0.1) is 11.3 Å². The largest absolute Gasteiger partial charge is 0.309 e. The molecule has 0 radical (unpaired) electrons. The molecule has 0 spiro atoms. The van der Waals surface area contributed by atoms with Crippen molar-refractivity contribution in [1.29, 1.82) is 0 Å². The van der Waals surface area contributed by atoms with Gasteiger partial charge < -0.3 is 4.57 Å². The third-order valence-electron chi connectivity index (χ3n) is 9.92. The van der Waals surface area contributed by atoms with E-state index < -0.39 is 0 Å². The second kappa shape index (κ2) is 10.1. The maximum absolute atomic E-state index is 5.60. The first-order chi connectivity index (χ1) is 24.3. The molecule has 0 atom stereocenters. The highest BCUT2D eigenvalue weighted by Gasteiger charge is 2.23. The van der Waals surface area contributed by atoms with Crippen molar-refractivity contribution >= 4 is 86.0 Å². The van der Waals surface area contributed by atoms with Crippen LogP contribution in [0.4, 0.5) is 0 Å². The third kappa shape index (κ3) is 3.79. The number of hydrogen-bond donors (Lipinski definition) is 0. The molecule has 4 heterocycles. The Morgan fingerprint density at radius 1 is 0.429 bits per heavy atom. The minimum Gasteiger partial charge on any atom is -0.309 e. The maximum Gasteiger partial charge on any atom is 0.163 e. The van der Waals surface area contributed by atoms with Gasteiger partial charge in [-0.25, -0.2) is 9.97 Å². The van der Waals surface area contributed by atoms with Gasteiger partial charge in [-0.2, -0.15) is 0 Å². The Bertz CT molecular complexity index is 3110. The first-order valence-corrected chi connectivity index (χ1v) is 17.3. The van der Waals surface area contributed by atoms with Gasteiger partial charge in [0, 0.05) is 42.9 Å². The number of aromatic nitrogens is 4. The van der Waals surface area contributed by atoms with Crippen LogP contribution in [-0.4, -0.2) is 19.1 Å². The topological polar surface area (TPSA) is 35.6 Å². The van der Waals surface area contributed by atoms with Crippen molar-refractivity contribution in [2.75, 3.05) is 0 Å². The molecule has 0 unspecified atom stereocenters. The molecule has 0 aliphatic rings. The fourth-order valence-corrected chi connectivity index (χ4v) is 8.90. The summed E-state index contributed by atoms with van der Waals surface area (Å²) in [6.45, 7) is 0. The minimum atomic E-state index is 0.724. The Kier molecular flexibility index (Phi) is 5.51. The molecule has 0 amide bonds. The van der Waals surface area contributed by atoms with Gasteiger partial charge in [0.05, 0.1) is 27.5 Å². The summed E-state index contributed by atoms with van der Waals surface area (Å²) in [5, 5.41) is 9.46. The second-order valence-electron chi connectivity index (χ2n) is 12.6. The number of hydrogen-bond acceptors (Lipinski definition) is 3. The summed E-state index contributed by atoms with van der Waals surface area (Å²) >= 11 is 1.74. The fourth-order valence-electron chi connectivity index (χ4n) is 7.83. The summed E-state index contributed by atoms with van der Waals surface area (Å²) in [6, 6.07) is 56.4. The molecule has 0 saturated heterocycles. The maximum atomic E-state index is 5.60. The van der Waals surface area contributed by atoms with Crippen LogP contribution in [0.2, 0.25) is 0 Å². The van der Waals surface area contributed by atoms with Crippen molar-refractivity contribution in [3.8, 4) is 22.9 Å². The lowest BCUT2D eigenvalue weighted by Crippen LogP contribution is -2.02. The molecule has 49 heavy (non-hydrogen) atoms. The standard InChI is InChI=1S/C44H26N4S/c1-2-15-29(16-3-1)47-36-22-10-7-18-31(36)40-33(20-12-23-37(40)47)42-45-43(41-32-19-8-11-24-39(32)49-44(41)46-42)48-35-21-9-6-17-30(35)34-25-27-13-4-5-14-28(27)26-38(34)48/h1-26H. The van der Waals surface area contributed by atoms with Crippen LogP contribution >= 0.6 is 11.3 Å². The van der Waals surface area contributed by atoms with Crippen LogP contribution in [0.1, 0.15) is 0 Å². The van der Waals surface area contributed by atoms with E-state index in [1.807, 2.05) is 0 Å². The highest BCUT2D eigenvalue weighted by atomic mass is 32.1. The molecular weight excluding hydrogens is 617 g/mol. The average Bonchev–Trinajstić information content (AvgIpc) is 3.81. The van der Waals surface area contributed by atoms with E-state index in [0.717, 1.165) is 60.6 Å². The molecule has 4 aromatic heterocycles. The second-order valence-corrected chi connectivity index (χ2v) is 13.6. The van der Waals surface area contributed by atoms with Gasteiger partial charge >= 0.3 is 0 Å². The van der Waals surface area contributed by atoms with Gasteiger partial charge in [-0.05, 0) is 59.3 Å². The minimum absolute atomic E-state index is 0.724. The molecule has 0 bridgehead atoms. The lowest BCUT2D eigenvalue weighted by atomic mass is 10.1. The number of fused-ring (bicyclic) bond motifs is 10.